The van der Waals surface area contributed by atoms with Gasteiger partial charge in [-0.1, -0.05) is 25.5 Å². The lowest BCUT2D eigenvalue weighted by molar-refractivity contribution is -0.140. The van der Waals surface area contributed by atoms with Gasteiger partial charge in [0.1, 0.15) is 17.4 Å². The molecule has 222 valence electrons. The molecule has 1 fully saturated rings. The minimum absolute atomic E-state index is 0.00323. The van der Waals surface area contributed by atoms with Crippen LogP contribution in [0.4, 0.5) is 27.6 Å². The second-order valence-corrected chi connectivity index (χ2v) is 10.1. The lowest BCUT2D eigenvalue weighted by atomic mass is 9.77. The maximum absolute atomic E-state index is 15.0. The van der Waals surface area contributed by atoms with Gasteiger partial charge in [-0.3, -0.25) is 9.59 Å². The van der Waals surface area contributed by atoms with E-state index in [0.29, 0.717) is 37.0 Å². The Labute approximate surface area is 237 Å². The molecule has 2 amide bonds. The lowest BCUT2D eigenvalue weighted by Crippen LogP contribution is -2.50. The number of carboxylic acids is 1. The maximum atomic E-state index is 15.0. The van der Waals surface area contributed by atoms with Crippen LogP contribution in [-0.2, 0) is 11.0 Å². The van der Waals surface area contributed by atoms with E-state index in [-0.39, 0.29) is 34.0 Å². The molecule has 0 spiro atoms. The summed E-state index contributed by atoms with van der Waals surface area (Å²) in [5.74, 6) is -5.76. The molecule has 0 radical (unpaired) electrons. The topological polar surface area (TPSA) is 105 Å². The van der Waals surface area contributed by atoms with E-state index in [0.717, 1.165) is 12.1 Å². The zero-order chi connectivity index (χ0) is 30.8. The maximum Gasteiger partial charge on any atom is 0.419 e. The van der Waals surface area contributed by atoms with E-state index in [2.05, 4.69) is 10.6 Å². The number of carboxylic acid groups (broad SMARTS) is 1. The molecule has 3 aromatic carbocycles. The van der Waals surface area contributed by atoms with Gasteiger partial charge in [0.15, 0.2) is 0 Å². The highest BCUT2D eigenvalue weighted by atomic mass is 19.4. The van der Waals surface area contributed by atoms with Crippen LogP contribution in [-0.4, -0.2) is 36.0 Å². The van der Waals surface area contributed by atoms with Crippen LogP contribution in [0, 0.1) is 23.5 Å². The molecule has 7 nitrogen and oxygen atoms in total. The average Bonchev–Trinajstić information content (AvgIpc) is 2.94. The van der Waals surface area contributed by atoms with Crippen LogP contribution in [0.25, 0.3) is 11.1 Å². The number of halogens is 5. The van der Waals surface area contributed by atoms with Crippen LogP contribution in [0.5, 0.6) is 5.75 Å². The van der Waals surface area contributed by atoms with E-state index in [1.165, 1.54) is 37.4 Å². The van der Waals surface area contributed by atoms with Gasteiger partial charge in [0.2, 0.25) is 5.91 Å². The number of hydrogen-bond acceptors (Lipinski definition) is 4. The SMILES string of the molecule is COc1cc(F)c(-c2ccc(C(=O)O)cc2)cc1C(=O)NC1[C@@H](C)CCC[C@H]1C(=O)Nc1ccc(F)c(C(F)(F)F)c1. The van der Waals surface area contributed by atoms with Crippen LogP contribution in [0.1, 0.15) is 52.5 Å². The van der Waals surface area contributed by atoms with E-state index in [9.17, 15) is 36.3 Å². The number of nitrogens with one attached hydrogen (secondary N) is 2. The number of rotatable bonds is 7. The Hall–Kier alpha value is -4.48. The third kappa shape index (κ3) is 6.53. The van der Waals surface area contributed by atoms with Gasteiger partial charge in [-0.15, -0.1) is 0 Å². The Kier molecular flexibility index (Phi) is 8.83. The van der Waals surface area contributed by atoms with E-state index in [1.54, 1.807) is 0 Å². The lowest BCUT2D eigenvalue weighted by Gasteiger charge is -2.36. The summed E-state index contributed by atoms with van der Waals surface area (Å²) in [5, 5.41) is 14.4. The van der Waals surface area contributed by atoms with Crippen molar-refractivity contribution in [1.29, 1.82) is 0 Å². The second-order valence-electron chi connectivity index (χ2n) is 10.1. The average molecular weight is 591 g/mol. The number of carbonyl (C=O) groups is 3. The zero-order valence-electron chi connectivity index (χ0n) is 22.5. The van der Waals surface area contributed by atoms with Gasteiger partial charge in [-0.2, -0.15) is 13.2 Å². The molecule has 0 bridgehead atoms. The Morgan fingerprint density at radius 2 is 1.64 bits per heavy atom. The van der Waals surface area contributed by atoms with Gasteiger partial charge in [0.25, 0.3) is 5.91 Å². The van der Waals surface area contributed by atoms with Crippen molar-refractivity contribution in [3.05, 3.63) is 82.9 Å². The largest absolute Gasteiger partial charge is 0.496 e. The first-order valence-electron chi connectivity index (χ1n) is 13.0. The minimum Gasteiger partial charge on any atom is -0.496 e. The highest BCUT2D eigenvalue weighted by molar-refractivity contribution is 5.99. The van der Waals surface area contributed by atoms with E-state index < -0.39 is 53.1 Å². The predicted molar refractivity (Wildman–Crippen MR) is 143 cm³/mol. The van der Waals surface area contributed by atoms with E-state index >= 15 is 0 Å². The molecule has 3 atom stereocenters. The Bertz CT molecular complexity index is 1510. The van der Waals surface area contributed by atoms with Crippen LogP contribution in [0.3, 0.4) is 0 Å². The summed E-state index contributed by atoms with van der Waals surface area (Å²) in [6.07, 6.45) is -3.34. The molecule has 4 rings (SSSR count). The molecule has 3 aromatic rings. The zero-order valence-corrected chi connectivity index (χ0v) is 22.5. The van der Waals surface area contributed by atoms with Crippen molar-refractivity contribution in [2.45, 2.75) is 38.4 Å². The third-order valence-electron chi connectivity index (χ3n) is 7.37. The number of amides is 2. The number of aromatic carboxylic acids is 1. The molecular weight excluding hydrogens is 563 g/mol. The third-order valence-corrected chi connectivity index (χ3v) is 7.37. The molecule has 42 heavy (non-hydrogen) atoms. The Balaban J connectivity index is 1.60. The fourth-order valence-corrected chi connectivity index (χ4v) is 5.15. The number of anilines is 1. The first-order chi connectivity index (χ1) is 19.8. The molecule has 1 unspecified atom stereocenters. The normalized spacial score (nSPS) is 18.7. The van der Waals surface area contributed by atoms with Crippen molar-refractivity contribution in [1.82, 2.24) is 5.32 Å². The number of carbonyl (C=O) groups excluding carboxylic acids is 2. The number of methoxy groups -OCH3 is 1. The molecule has 0 saturated heterocycles. The van der Waals surface area contributed by atoms with Gasteiger partial charge in [-0.25, -0.2) is 13.6 Å². The monoisotopic (exact) mass is 590 g/mol. The van der Waals surface area contributed by atoms with Crippen LogP contribution in [0.15, 0.2) is 54.6 Å². The van der Waals surface area contributed by atoms with Crippen LogP contribution < -0.4 is 15.4 Å². The highest BCUT2D eigenvalue weighted by Crippen LogP contribution is 2.35. The fourth-order valence-electron chi connectivity index (χ4n) is 5.15. The molecule has 1 aliphatic carbocycles. The molecule has 1 aliphatic rings. The van der Waals surface area contributed by atoms with Crippen LogP contribution in [0.2, 0.25) is 0 Å². The molecule has 0 aromatic heterocycles. The first-order valence-corrected chi connectivity index (χ1v) is 13.0. The van der Waals surface area contributed by atoms with Crippen molar-refractivity contribution in [2.24, 2.45) is 11.8 Å². The highest BCUT2D eigenvalue weighted by Gasteiger charge is 2.38. The fraction of sp³-hybridized carbons (Fsp3) is 0.300. The summed E-state index contributed by atoms with van der Waals surface area (Å²) < 4.78 is 73.4. The summed E-state index contributed by atoms with van der Waals surface area (Å²) in [5.41, 5.74) is -1.47. The summed E-state index contributed by atoms with van der Waals surface area (Å²) in [6.45, 7) is 1.82. The summed E-state index contributed by atoms with van der Waals surface area (Å²) >= 11 is 0. The van der Waals surface area contributed by atoms with Crippen LogP contribution >= 0.6 is 0 Å². The summed E-state index contributed by atoms with van der Waals surface area (Å²) in [4.78, 5) is 37.9. The Morgan fingerprint density at radius 3 is 2.26 bits per heavy atom. The molecule has 0 heterocycles. The van der Waals surface area contributed by atoms with Crippen molar-refractivity contribution in [3.63, 3.8) is 0 Å². The minimum atomic E-state index is -4.95. The molecular formula is C30H27F5N2O5. The summed E-state index contributed by atoms with van der Waals surface area (Å²) in [7, 11) is 1.25. The number of ether oxygens (including phenoxy) is 1. The molecule has 1 saturated carbocycles. The smallest absolute Gasteiger partial charge is 0.419 e. The number of hydrogen-bond donors (Lipinski definition) is 3. The van der Waals surface area contributed by atoms with E-state index in [1.807, 2.05) is 6.92 Å². The number of alkyl halides is 3. The molecule has 0 aliphatic heterocycles. The van der Waals surface area contributed by atoms with E-state index in [4.69, 9.17) is 9.84 Å². The quantitative estimate of drug-likeness (QED) is 0.272. The van der Waals surface area contributed by atoms with Crippen molar-refractivity contribution in [2.75, 3.05) is 12.4 Å². The van der Waals surface area contributed by atoms with Gasteiger partial charge < -0.3 is 20.5 Å². The standard InChI is InChI=1S/C30H27F5N2O5/c1-15-4-3-5-19(27(38)36-18-10-11-23(31)22(12-18)30(33,34)35)26(15)37-28(39)21-13-20(24(32)14-25(21)42-2)16-6-8-17(9-7-16)29(40)41/h6-15,19,26H,3-5H2,1-2H3,(H,36,38)(H,37,39)(H,40,41)/t15-,19+,26?/m0/s1. The number of benzene rings is 3. The van der Waals surface area contributed by atoms with Gasteiger partial charge in [0.05, 0.1) is 29.7 Å². The summed E-state index contributed by atoms with van der Waals surface area (Å²) in [6, 6.07) is 9.11. The van der Waals surface area contributed by atoms with Gasteiger partial charge in [-0.05, 0) is 60.7 Å². The van der Waals surface area contributed by atoms with Crippen molar-refractivity contribution >= 4 is 23.5 Å². The molecule has 12 heteroatoms. The molecule has 3 N–H and O–H groups in total. The van der Waals surface area contributed by atoms with Crippen molar-refractivity contribution < 1.29 is 46.2 Å². The van der Waals surface area contributed by atoms with Crippen molar-refractivity contribution in [3.8, 4) is 16.9 Å². The predicted octanol–water partition coefficient (Wildman–Crippen LogP) is 6.53. The Morgan fingerprint density at radius 1 is 0.952 bits per heavy atom. The first kappa shape index (κ1) is 30.5. The second kappa shape index (κ2) is 12.2. The van der Waals surface area contributed by atoms with Gasteiger partial charge >= 0.3 is 12.1 Å². The van der Waals surface area contributed by atoms with Gasteiger partial charge in [0, 0.05) is 23.4 Å².